The van der Waals surface area contributed by atoms with Crippen LogP contribution in [-0.4, -0.2) is 13.4 Å². The molecule has 5 heteroatoms. The van der Waals surface area contributed by atoms with Crippen LogP contribution in [0.4, 0.5) is 4.79 Å². The van der Waals surface area contributed by atoms with Gasteiger partial charge in [0.1, 0.15) is 8.05 Å². The minimum atomic E-state index is -0.440. The van der Waals surface area contributed by atoms with Crippen LogP contribution in [-0.2, 0) is 4.65 Å². The maximum absolute atomic E-state index is 9.52. The van der Waals surface area contributed by atoms with Gasteiger partial charge in [-0.2, -0.15) is 0 Å². The third-order valence-corrected chi connectivity index (χ3v) is 0. The molecule has 0 aliphatic rings. The van der Waals surface area contributed by atoms with Crippen LogP contribution in [0.1, 0.15) is 0 Å². The zero-order chi connectivity index (χ0) is 4.28. The molecule has 0 unspecified atom stereocenters. The van der Waals surface area contributed by atoms with Crippen molar-refractivity contribution in [2.24, 2.45) is 0 Å². The van der Waals surface area contributed by atoms with E-state index in [9.17, 15) is 4.79 Å². The van der Waals surface area contributed by atoms with E-state index in [4.69, 9.17) is 0 Å². The van der Waals surface area contributed by atoms with Gasteiger partial charge in [-0.15, -0.1) is 0 Å². The van der Waals surface area contributed by atoms with Crippen molar-refractivity contribution in [3.63, 3.8) is 0 Å². The molecule has 0 heterocycles. The van der Waals surface area contributed by atoms with Gasteiger partial charge in [0, 0.05) is 0 Å². The Morgan fingerprint density at radius 2 is 2.00 bits per heavy atom. The van der Waals surface area contributed by atoms with Crippen LogP contribution in [0.15, 0.2) is 0 Å². The maximum Gasteiger partial charge on any atom is 1.00 e. The number of hydrogen-bond donors (Lipinski definition) is 1. The van der Waals surface area contributed by atoms with Gasteiger partial charge in [0.05, 0.1) is 0 Å². The summed E-state index contributed by atoms with van der Waals surface area (Å²) in [5.74, 6) is 0. The van der Waals surface area contributed by atoms with Crippen LogP contribution in [0.3, 0.4) is 0 Å². The molecule has 0 rings (SSSR count). The Bertz CT molecular complexity index is 48.8. The number of thiol groups is 1. The summed E-state index contributed by atoms with van der Waals surface area (Å²) in [5, 5.41) is -0.440. The number of carbonyl (C=O) groups is 1. The largest absolute Gasteiger partial charge is 1.00 e. The minimum Gasteiger partial charge on any atom is -0.689 e. The average Bonchev–Trinajstić information content (AvgIpc) is 1.38. The molecular weight excluding hydrogens is 110 g/mol. The van der Waals surface area contributed by atoms with Gasteiger partial charge in [-0.05, 0) is 0 Å². The quantitative estimate of drug-likeness (QED) is 0.259. The number of carbonyl (C=O) groups excluding carboxylic acids is 1. The molecule has 0 saturated carbocycles. The molecule has 0 atom stereocenters. The molecule has 0 N–H and O–H groups in total. The summed E-state index contributed by atoms with van der Waals surface area (Å²) in [5.41, 5.74) is 0. The van der Waals surface area contributed by atoms with Crippen molar-refractivity contribution in [2.75, 3.05) is 0 Å². The van der Waals surface area contributed by atoms with Gasteiger partial charge in [0.2, 0.25) is 0 Å². The summed E-state index contributed by atoms with van der Waals surface area (Å²) in [6.07, 6.45) is 0. The van der Waals surface area contributed by atoms with E-state index in [2.05, 4.69) is 17.3 Å². The summed E-state index contributed by atoms with van der Waals surface area (Å²) < 4.78 is 4.23. The van der Waals surface area contributed by atoms with Gasteiger partial charge in [-0.3, -0.25) is 0 Å². The van der Waals surface area contributed by atoms with E-state index >= 15 is 0 Å². The topological polar surface area (TPSA) is 26.3 Å². The molecule has 0 spiro atoms. The van der Waals surface area contributed by atoms with Crippen molar-refractivity contribution in [1.82, 2.24) is 0 Å². The molecule has 0 bridgehead atoms. The average molecular weight is 114 g/mol. The first-order chi connectivity index (χ1) is 2.27. The zero-order valence-corrected chi connectivity index (χ0v) is 5.66. The second-order valence-corrected chi connectivity index (χ2v) is 0.631. The molecule has 0 amide bonds. The maximum atomic E-state index is 9.52. The molecule has 0 aromatic heterocycles. The van der Waals surface area contributed by atoms with Crippen LogP contribution in [0.5, 0.6) is 0 Å². The summed E-state index contributed by atoms with van der Waals surface area (Å²) in [7, 11) is -0.213. The first-order valence-electron chi connectivity index (χ1n) is 0.632. The fourth-order valence-corrected chi connectivity index (χ4v) is 0. The molecular formula is CH4BNaO2S. The molecule has 0 radical (unpaired) electrons. The van der Waals surface area contributed by atoms with Gasteiger partial charge in [-0.1, -0.05) is 12.6 Å². The van der Waals surface area contributed by atoms with E-state index in [1.165, 1.54) is 0 Å². The standard InChI is InChI=1S/CH4BO2S.Na/c2-4-1(3)5;/h2H3,(H,3,5);/q-1;+1. The normalized spacial score (nSPS) is 5.67. The van der Waals surface area contributed by atoms with Gasteiger partial charge in [0.25, 0.3) is 0 Å². The molecule has 2 nitrogen and oxygen atoms in total. The van der Waals surface area contributed by atoms with Crippen molar-refractivity contribution < 1.29 is 39.0 Å². The van der Waals surface area contributed by atoms with Crippen LogP contribution in [0, 0.1) is 0 Å². The van der Waals surface area contributed by atoms with Crippen LogP contribution >= 0.6 is 12.6 Å². The van der Waals surface area contributed by atoms with Crippen molar-refractivity contribution in [3.8, 4) is 0 Å². The summed E-state index contributed by atoms with van der Waals surface area (Å²) >= 11 is 3.30. The van der Waals surface area contributed by atoms with E-state index in [1.54, 1.807) is 0 Å². The van der Waals surface area contributed by atoms with E-state index in [0.29, 0.717) is 0 Å². The van der Waals surface area contributed by atoms with Gasteiger partial charge in [0.15, 0.2) is 0 Å². The molecule has 0 aliphatic heterocycles. The predicted molar refractivity (Wildman–Crippen MR) is 25.4 cm³/mol. The van der Waals surface area contributed by atoms with Crippen molar-refractivity contribution in [2.45, 2.75) is 0 Å². The van der Waals surface area contributed by atoms with E-state index in [-0.39, 0.29) is 37.6 Å². The van der Waals surface area contributed by atoms with E-state index < -0.39 is 5.30 Å². The summed E-state index contributed by atoms with van der Waals surface area (Å²) in [6.45, 7) is 0. The third kappa shape index (κ3) is 8.86. The second kappa shape index (κ2) is 5.88. The Morgan fingerprint density at radius 1 is 1.83 bits per heavy atom. The second-order valence-electron chi connectivity index (χ2n) is 0.266. The smallest absolute Gasteiger partial charge is 0.689 e. The molecule has 6 heavy (non-hydrogen) atoms. The van der Waals surface area contributed by atoms with Crippen molar-refractivity contribution in [1.29, 1.82) is 0 Å². The SMILES string of the molecule is [BH3-]OC(=O)S.[Na+]. The molecule has 0 aromatic carbocycles. The van der Waals surface area contributed by atoms with Crippen LogP contribution < -0.4 is 29.6 Å². The molecule has 0 fully saturated rings. The van der Waals surface area contributed by atoms with Crippen molar-refractivity contribution >= 4 is 26.0 Å². The minimum absolute atomic E-state index is 0. The number of hydrogen-bond acceptors (Lipinski definition) is 2. The molecule has 0 aromatic rings. The first kappa shape index (κ1) is 9.99. The molecule has 30 valence electrons. The fourth-order valence-electron chi connectivity index (χ4n) is 0. The Labute approximate surface area is 64.8 Å². The van der Waals surface area contributed by atoms with Gasteiger partial charge >= 0.3 is 34.9 Å². The van der Waals surface area contributed by atoms with Gasteiger partial charge in [-0.25, -0.2) is 4.79 Å². The summed E-state index contributed by atoms with van der Waals surface area (Å²) in [6, 6.07) is 0. The first-order valence-corrected chi connectivity index (χ1v) is 1.08. The number of rotatable bonds is 0. The van der Waals surface area contributed by atoms with Crippen LogP contribution in [0.25, 0.3) is 0 Å². The fraction of sp³-hybridized carbons (Fsp3) is 0. The Morgan fingerprint density at radius 3 is 2.00 bits per heavy atom. The van der Waals surface area contributed by atoms with Crippen LogP contribution in [0.2, 0.25) is 0 Å². The summed E-state index contributed by atoms with van der Waals surface area (Å²) in [4.78, 5) is 9.52. The zero-order valence-electron chi connectivity index (χ0n) is 2.76. The van der Waals surface area contributed by atoms with E-state index in [1.807, 2.05) is 0 Å². The van der Waals surface area contributed by atoms with Gasteiger partial charge < -0.3 is 4.65 Å². The predicted octanol–water partition coefficient (Wildman–Crippen LogP) is -3.66. The Balaban J connectivity index is 0. The Kier molecular flexibility index (Phi) is 9.80. The third-order valence-electron chi connectivity index (χ3n) is 0. The molecule has 0 saturated heterocycles. The van der Waals surface area contributed by atoms with Crippen molar-refractivity contribution in [3.05, 3.63) is 0 Å². The van der Waals surface area contributed by atoms with E-state index in [0.717, 1.165) is 0 Å². The molecule has 0 aliphatic carbocycles. The Hall–Kier alpha value is 0.885. The monoisotopic (exact) mass is 114 g/mol.